The van der Waals surface area contributed by atoms with Crippen molar-refractivity contribution < 1.29 is 9.59 Å². The molecule has 2 aromatic heterocycles. The molecule has 1 aromatic carbocycles. The number of aromatic nitrogens is 1. The molecule has 7 nitrogen and oxygen atoms in total. The highest BCUT2D eigenvalue weighted by Gasteiger charge is 2.16. The number of carbonyl (C=O) groups excluding carboxylic acids is 2. The summed E-state index contributed by atoms with van der Waals surface area (Å²) in [5.41, 5.74) is 14.0. The van der Waals surface area contributed by atoms with Gasteiger partial charge in [-0.2, -0.15) is 0 Å². The maximum absolute atomic E-state index is 11.6. The largest absolute Gasteiger partial charge is 0.365 e. The first-order chi connectivity index (χ1) is 13.5. The second-order valence-corrected chi connectivity index (χ2v) is 7.20. The highest BCUT2D eigenvalue weighted by Crippen LogP contribution is 2.34. The molecule has 6 N–H and O–H groups in total. The first kappa shape index (κ1) is 19.5. The number of anilines is 1. The summed E-state index contributed by atoms with van der Waals surface area (Å²) in [6.07, 6.45) is 2.67. The van der Waals surface area contributed by atoms with E-state index in [1.165, 1.54) is 11.3 Å². The van der Waals surface area contributed by atoms with Crippen LogP contribution in [-0.4, -0.2) is 23.5 Å². The van der Waals surface area contributed by atoms with E-state index >= 15 is 0 Å². The molecule has 8 heteroatoms. The normalized spacial score (nSPS) is 10.6. The lowest BCUT2D eigenvalue weighted by Gasteiger charge is -2.06. The summed E-state index contributed by atoms with van der Waals surface area (Å²) in [7, 11) is 0. The van der Waals surface area contributed by atoms with Crippen LogP contribution in [0.1, 0.15) is 20.9 Å². The summed E-state index contributed by atoms with van der Waals surface area (Å²) >= 11 is 1.22. The molecule has 0 unspecified atom stereocenters. The van der Waals surface area contributed by atoms with Crippen molar-refractivity contribution in [2.75, 3.05) is 11.9 Å². The number of amides is 3. The van der Waals surface area contributed by atoms with E-state index < -0.39 is 11.9 Å². The molecule has 0 aliphatic heterocycles. The zero-order valence-electron chi connectivity index (χ0n) is 15.1. The van der Waals surface area contributed by atoms with Gasteiger partial charge in [-0.25, -0.2) is 4.79 Å². The fraction of sp³-hybridized carbons (Fsp3) is 0.150. The maximum Gasteiger partial charge on any atom is 0.316 e. The summed E-state index contributed by atoms with van der Waals surface area (Å²) in [5, 5.41) is 5.84. The van der Waals surface area contributed by atoms with Crippen molar-refractivity contribution in [3.8, 4) is 10.4 Å². The fourth-order valence-corrected chi connectivity index (χ4v) is 3.70. The van der Waals surface area contributed by atoms with Crippen molar-refractivity contribution in [1.82, 2.24) is 10.3 Å². The zero-order valence-corrected chi connectivity index (χ0v) is 16.0. The van der Waals surface area contributed by atoms with Gasteiger partial charge in [0.2, 0.25) is 0 Å². The fourth-order valence-electron chi connectivity index (χ4n) is 2.72. The Morgan fingerprint density at radius 2 is 1.86 bits per heavy atom. The van der Waals surface area contributed by atoms with E-state index in [9.17, 15) is 9.59 Å². The highest BCUT2D eigenvalue weighted by molar-refractivity contribution is 7.18. The van der Waals surface area contributed by atoms with Gasteiger partial charge in [-0.15, -0.1) is 11.3 Å². The molecular weight excluding hydrogens is 374 g/mol. The monoisotopic (exact) mass is 395 g/mol. The highest BCUT2D eigenvalue weighted by atomic mass is 32.1. The van der Waals surface area contributed by atoms with E-state index in [-0.39, 0.29) is 4.88 Å². The number of nitrogens with zero attached hydrogens (tertiary/aromatic N) is 1. The topological polar surface area (TPSA) is 123 Å². The van der Waals surface area contributed by atoms with Crippen molar-refractivity contribution in [3.05, 3.63) is 70.9 Å². The third kappa shape index (κ3) is 5.15. The average molecular weight is 395 g/mol. The van der Waals surface area contributed by atoms with Gasteiger partial charge in [0.1, 0.15) is 4.88 Å². The van der Waals surface area contributed by atoms with E-state index in [2.05, 4.69) is 15.6 Å². The molecular formula is C20H21N5O2S. The van der Waals surface area contributed by atoms with Gasteiger partial charge in [-0.3, -0.25) is 9.78 Å². The van der Waals surface area contributed by atoms with Gasteiger partial charge >= 0.3 is 6.03 Å². The molecule has 0 bridgehead atoms. The maximum atomic E-state index is 11.6. The molecule has 28 heavy (non-hydrogen) atoms. The number of nitrogens with two attached hydrogens (primary N) is 2. The minimum atomic E-state index is -0.737. The number of nitrogens with one attached hydrogen (secondary N) is 2. The number of urea groups is 1. The summed E-state index contributed by atoms with van der Waals surface area (Å²) in [6.45, 7) is 1.59. The van der Waals surface area contributed by atoms with Gasteiger partial charge in [0.05, 0.1) is 5.69 Å². The van der Waals surface area contributed by atoms with Gasteiger partial charge in [0.15, 0.2) is 0 Å². The Labute approximate surface area is 166 Å². The molecule has 3 aromatic rings. The lowest BCUT2D eigenvalue weighted by molar-refractivity contribution is 0.100. The van der Waals surface area contributed by atoms with Crippen molar-refractivity contribution in [2.45, 2.75) is 13.0 Å². The molecule has 3 rings (SSSR count). The van der Waals surface area contributed by atoms with Crippen LogP contribution in [0.2, 0.25) is 0 Å². The molecule has 0 saturated carbocycles. The van der Waals surface area contributed by atoms with Crippen LogP contribution >= 0.6 is 11.3 Å². The quantitative estimate of drug-likeness (QED) is 0.438. The number of primary amides is 2. The van der Waals surface area contributed by atoms with Crippen LogP contribution in [-0.2, 0) is 13.0 Å². The van der Waals surface area contributed by atoms with Gasteiger partial charge in [-0.1, -0.05) is 30.3 Å². The van der Waals surface area contributed by atoms with Crippen molar-refractivity contribution >= 4 is 29.0 Å². The van der Waals surface area contributed by atoms with Crippen molar-refractivity contribution in [3.63, 3.8) is 0 Å². The number of thiophene rings is 1. The molecule has 0 saturated heterocycles. The smallest absolute Gasteiger partial charge is 0.316 e. The number of rotatable bonds is 8. The predicted octanol–water partition coefficient (Wildman–Crippen LogP) is 2.73. The number of hydrogen-bond donors (Lipinski definition) is 4. The summed E-state index contributed by atoms with van der Waals surface area (Å²) in [4.78, 5) is 28.1. The van der Waals surface area contributed by atoms with Crippen LogP contribution in [0.25, 0.3) is 10.4 Å². The molecule has 2 heterocycles. The zero-order chi connectivity index (χ0) is 19.9. The Kier molecular flexibility index (Phi) is 6.36. The van der Waals surface area contributed by atoms with Crippen molar-refractivity contribution in [2.24, 2.45) is 11.5 Å². The van der Waals surface area contributed by atoms with Crippen LogP contribution in [0.3, 0.4) is 0 Å². The second-order valence-electron chi connectivity index (χ2n) is 6.15. The van der Waals surface area contributed by atoms with E-state index in [0.717, 1.165) is 41.2 Å². The SMILES string of the molecule is NC(=O)Nc1cc(-c2ccc(CNCCc3ccccn3)cc2)sc1C(N)=O. The number of pyridine rings is 1. The molecule has 0 aliphatic carbocycles. The second kappa shape index (κ2) is 9.12. The summed E-state index contributed by atoms with van der Waals surface area (Å²) in [6, 6.07) is 14.9. The molecule has 144 valence electrons. The standard InChI is InChI=1S/C20H21N5O2S/c21-19(26)18-16(25-20(22)27)11-17(28-18)14-6-4-13(5-7-14)12-23-10-8-15-3-1-2-9-24-15/h1-7,9,11,23H,8,10,12H2,(H2,21,26)(H3,22,25,27). The third-order valence-corrected chi connectivity index (χ3v) is 5.26. The minimum Gasteiger partial charge on any atom is -0.365 e. The van der Waals surface area contributed by atoms with Gasteiger partial charge in [-0.05, 0) is 29.3 Å². The van der Waals surface area contributed by atoms with E-state index in [1.54, 1.807) is 12.3 Å². The number of carbonyl (C=O) groups is 2. The van der Waals surface area contributed by atoms with Crippen LogP contribution in [0.15, 0.2) is 54.7 Å². The Morgan fingerprint density at radius 3 is 2.50 bits per heavy atom. The Bertz CT molecular complexity index is 954. The number of benzene rings is 1. The van der Waals surface area contributed by atoms with Crippen LogP contribution < -0.4 is 22.1 Å². The number of hydrogen-bond acceptors (Lipinski definition) is 5. The molecule has 0 aliphatic rings. The Balaban J connectivity index is 1.61. The van der Waals surface area contributed by atoms with Gasteiger partial charge in [0.25, 0.3) is 5.91 Å². The van der Waals surface area contributed by atoms with Crippen molar-refractivity contribution in [1.29, 1.82) is 0 Å². The first-order valence-corrected chi connectivity index (χ1v) is 9.54. The molecule has 0 atom stereocenters. The molecule has 0 fully saturated rings. The van der Waals surface area contributed by atoms with Gasteiger partial charge < -0.3 is 22.1 Å². The Morgan fingerprint density at radius 1 is 1.07 bits per heavy atom. The molecule has 0 radical (unpaired) electrons. The van der Waals surface area contributed by atoms with Crippen LogP contribution in [0, 0.1) is 0 Å². The molecule has 0 spiro atoms. The van der Waals surface area contributed by atoms with E-state index in [1.807, 2.05) is 42.5 Å². The minimum absolute atomic E-state index is 0.272. The predicted molar refractivity (Wildman–Crippen MR) is 111 cm³/mol. The molecule has 3 amide bonds. The summed E-state index contributed by atoms with van der Waals surface area (Å²) < 4.78 is 0. The van der Waals surface area contributed by atoms with Crippen LogP contribution in [0.4, 0.5) is 10.5 Å². The summed E-state index contributed by atoms with van der Waals surface area (Å²) in [5.74, 6) is -0.603. The first-order valence-electron chi connectivity index (χ1n) is 8.73. The van der Waals surface area contributed by atoms with E-state index in [0.29, 0.717) is 5.69 Å². The average Bonchev–Trinajstić information content (AvgIpc) is 3.10. The van der Waals surface area contributed by atoms with Crippen LogP contribution in [0.5, 0.6) is 0 Å². The lowest BCUT2D eigenvalue weighted by atomic mass is 10.1. The van der Waals surface area contributed by atoms with Gasteiger partial charge in [0, 0.05) is 36.3 Å². The Hall–Kier alpha value is -3.23. The lowest BCUT2D eigenvalue weighted by Crippen LogP contribution is -2.21. The van der Waals surface area contributed by atoms with E-state index in [4.69, 9.17) is 11.5 Å². The third-order valence-electron chi connectivity index (χ3n) is 4.07.